The Hall–Kier alpha value is -1.05. The van der Waals surface area contributed by atoms with E-state index >= 15 is 0 Å². The van der Waals surface area contributed by atoms with Crippen molar-refractivity contribution in [3.05, 3.63) is 0 Å². The number of cyclic esters (lactones) is 1. The minimum Gasteiger partial charge on any atom is -0.457 e. The Morgan fingerprint density at radius 2 is 1.70 bits per heavy atom. The van der Waals surface area contributed by atoms with Crippen LogP contribution in [0.2, 0.25) is 0 Å². The van der Waals surface area contributed by atoms with Gasteiger partial charge in [-0.15, -0.1) is 0 Å². The first-order chi connectivity index (χ1) is 25.9. The van der Waals surface area contributed by atoms with Crippen molar-refractivity contribution in [2.75, 3.05) is 40.8 Å². The van der Waals surface area contributed by atoms with Crippen molar-refractivity contribution in [3.63, 3.8) is 0 Å². The van der Waals surface area contributed by atoms with E-state index in [0.29, 0.717) is 19.5 Å². The number of ether oxygens (including phenoxy) is 6. The van der Waals surface area contributed by atoms with Crippen molar-refractivity contribution in [2.45, 2.75) is 198 Å². The zero-order valence-electron chi connectivity index (χ0n) is 36.8. The van der Waals surface area contributed by atoms with Gasteiger partial charge in [0.05, 0.1) is 42.0 Å². The molecule has 7 N–H and O–H groups in total. The second-order valence-electron chi connectivity index (χ2n) is 18.2. The second kappa shape index (κ2) is 20.0. The fourth-order valence-corrected chi connectivity index (χ4v) is 9.21. The number of aliphatic hydroxyl groups excluding tert-OH is 2. The van der Waals surface area contributed by atoms with Crippen LogP contribution in [0.5, 0.6) is 0 Å². The van der Waals surface area contributed by atoms with Crippen LogP contribution in [0.15, 0.2) is 0 Å². The van der Waals surface area contributed by atoms with Gasteiger partial charge in [0.15, 0.2) is 12.6 Å². The highest BCUT2D eigenvalue weighted by atomic mass is 16.7. The topological polar surface area (TPSA) is 201 Å². The molecule has 56 heavy (non-hydrogen) atoms. The summed E-state index contributed by atoms with van der Waals surface area (Å²) in [7, 11) is 5.31. The molecule has 0 spiro atoms. The molecule has 0 saturated carbocycles. The highest BCUT2D eigenvalue weighted by Gasteiger charge is 2.58. The number of aliphatic hydroxyl groups is 5. The highest BCUT2D eigenvalue weighted by molar-refractivity contribution is 5.73. The van der Waals surface area contributed by atoms with Crippen LogP contribution in [-0.4, -0.2) is 167 Å². The molecule has 3 saturated heterocycles. The van der Waals surface area contributed by atoms with Crippen LogP contribution in [0.25, 0.3) is 0 Å². The summed E-state index contributed by atoms with van der Waals surface area (Å²) in [6, 6.07) is -0.875. The molecule has 0 radical (unpaired) electrons. The molecule has 3 aliphatic heterocycles. The van der Waals surface area contributed by atoms with Crippen LogP contribution in [0.4, 0.5) is 0 Å². The van der Waals surface area contributed by atoms with E-state index in [2.05, 4.69) is 10.6 Å². The summed E-state index contributed by atoms with van der Waals surface area (Å²) in [5.74, 6) is -2.67. The highest BCUT2D eigenvalue weighted by Crippen LogP contribution is 2.43. The maximum Gasteiger partial charge on any atom is 0.311 e. The summed E-state index contributed by atoms with van der Waals surface area (Å²) >= 11 is 0. The average molecular weight is 806 g/mol. The van der Waals surface area contributed by atoms with E-state index in [0.717, 1.165) is 6.42 Å². The van der Waals surface area contributed by atoms with Gasteiger partial charge in [0.2, 0.25) is 0 Å². The predicted molar refractivity (Wildman–Crippen MR) is 212 cm³/mol. The van der Waals surface area contributed by atoms with Gasteiger partial charge in [-0.1, -0.05) is 27.7 Å². The number of esters is 1. The summed E-state index contributed by atoms with van der Waals surface area (Å²) in [6.07, 6.45) is -6.62. The molecule has 3 rings (SSSR count). The molecule has 0 aromatic rings. The lowest BCUT2D eigenvalue weighted by Crippen LogP contribution is -2.70. The van der Waals surface area contributed by atoms with E-state index in [1.807, 2.05) is 53.6 Å². The zero-order valence-corrected chi connectivity index (χ0v) is 36.8. The van der Waals surface area contributed by atoms with Crippen LogP contribution in [-0.2, 0) is 33.2 Å². The van der Waals surface area contributed by atoms with E-state index in [9.17, 15) is 30.3 Å². The molecule has 0 aromatic carbocycles. The molecule has 0 bridgehead atoms. The monoisotopic (exact) mass is 806 g/mol. The van der Waals surface area contributed by atoms with Gasteiger partial charge in [0.25, 0.3) is 0 Å². The van der Waals surface area contributed by atoms with Crippen LogP contribution in [0.3, 0.4) is 0 Å². The fraction of sp³-hybridized carbons (Fsp3) is 0.976. The first kappa shape index (κ1) is 49.3. The molecule has 15 nitrogen and oxygen atoms in total. The lowest BCUT2D eigenvalue weighted by Gasteiger charge is -2.53. The van der Waals surface area contributed by atoms with Gasteiger partial charge in [0, 0.05) is 38.1 Å². The average Bonchev–Trinajstić information content (AvgIpc) is 3.12. The smallest absolute Gasteiger partial charge is 0.311 e. The van der Waals surface area contributed by atoms with Gasteiger partial charge < -0.3 is 69.5 Å². The van der Waals surface area contributed by atoms with E-state index in [1.165, 1.54) is 14.0 Å². The Labute approximate surface area is 336 Å². The molecule has 3 heterocycles. The molecule has 15 heteroatoms. The lowest BCUT2D eigenvalue weighted by atomic mass is 9.75. The van der Waals surface area contributed by atoms with E-state index in [4.69, 9.17) is 28.4 Å². The Morgan fingerprint density at radius 1 is 1.05 bits per heavy atom. The number of carbonyl (C=O) groups is 1. The normalized spacial score (nSPS) is 45.2. The number of rotatable bonds is 13. The number of hydrogen-bond acceptors (Lipinski definition) is 15. The van der Waals surface area contributed by atoms with Crippen LogP contribution >= 0.6 is 0 Å². The van der Waals surface area contributed by atoms with Crippen molar-refractivity contribution in [2.24, 2.45) is 17.8 Å². The first-order valence-electron chi connectivity index (χ1n) is 20.9. The van der Waals surface area contributed by atoms with Crippen molar-refractivity contribution >= 4 is 5.97 Å². The quantitative estimate of drug-likeness (QED) is 0.105. The standard InChI is InChI=1S/C41H79N3O12/c1-15-17-42-22-41(50)28(8)53-31(20-39(41,10)51-14)54-33-25(5)34(56-37-32(46)29(44(12)13)18-24(4)52-37)38(9,48)19-23(3)21-43-27(7)35(55-36(47)26(33)6)40(11,49)30(45)16-2/h23-35,37,42-43,45-46,48-50H,15-22H2,1-14H3/t23-,24-,25+,26-,27+,28+,29+,30-,31?,32-,33+,34-,35-,37?,38-,39-,40-,41+/m1/s1. The number of methoxy groups -OCH3 is 1. The number of likely N-dealkylation sites (N-methyl/N-ethyl adjacent to an activating group) is 1. The third-order valence-corrected chi connectivity index (χ3v) is 13.0. The Balaban J connectivity index is 2.16. The minimum absolute atomic E-state index is 0.0928. The maximum absolute atomic E-state index is 14.5. The van der Waals surface area contributed by atoms with E-state index in [-0.39, 0.29) is 43.9 Å². The van der Waals surface area contributed by atoms with E-state index < -0.39 is 95.5 Å². The van der Waals surface area contributed by atoms with Gasteiger partial charge in [-0.2, -0.15) is 0 Å². The molecule has 330 valence electrons. The van der Waals surface area contributed by atoms with Gasteiger partial charge in [0.1, 0.15) is 29.0 Å². The lowest BCUT2D eigenvalue weighted by molar-refractivity contribution is -0.336. The molecule has 3 aliphatic rings. The first-order valence-corrected chi connectivity index (χ1v) is 20.9. The number of hydrogen-bond donors (Lipinski definition) is 7. The van der Waals surface area contributed by atoms with Crippen LogP contribution in [0, 0.1) is 17.8 Å². The molecule has 18 atom stereocenters. The molecular weight excluding hydrogens is 726 g/mol. The summed E-state index contributed by atoms with van der Waals surface area (Å²) in [4.78, 5) is 16.4. The number of carbonyl (C=O) groups excluding carboxylic acids is 1. The Kier molecular flexibility index (Phi) is 17.6. The van der Waals surface area contributed by atoms with Gasteiger partial charge in [-0.3, -0.25) is 4.79 Å². The fourth-order valence-electron chi connectivity index (χ4n) is 9.21. The van der Waals surface area contributed by atoms with Gasteiger partial charge >= 0.3 is 5.97 Å². The molecule has 0 amide bonds. The number of nitrogens with zero attached hydrogens (tertiary/aromatic N) is 1. The SMILES string of the molecule is CCCNC[C@]1(O)[C@H](C)OC(O[C@H]2[C@H](C)[C@@H](OC3O[C@H](C)C[C@H](N(C)C)[C@H]3O)[C@](C)(O)C[C@@H](C)CN[C@@H](C)[C@H]([C@](C)(O)[C@H](O)CC)OC(=O)[C@@H]2C)C[C@@]1(C)OC. The van der Waals surface area contributed by atoms with Crippen molar-refractivity contribution in [1.82, 2.24) is 15.5 Å². The molecule has 0 aromatic heterocycles. The summed E-state index contributed by atoms with van der Waals surface area (Å²) in [5, 5.41) is 65.4. The summed E-state index contributed by atoms with van der Waals surface area (Å²) in [6.45, 7) is 20.9. The largest absolute Gasteiger partial charge is 0.457 e. The van der Waals surface area contributed by atoms with Gasteiger partial charge in [-0.05, 0) is 107 Å². The van der Waals surface area contributed by atoms with E-state index in [1.54, 1.807) is 34.6 Å². The molecule has 0 aliphatic carbocycles. The van der Waals surface area contributed by atoms with Crippen LogP contribution in [0.1, 0.15) is 108 Å². The third kappa shape index (κ3) is 11.0. The summed E-state index contributed by atoms with van der Waals surface area (Å²) < 4.78 is 38.4. The molecule has 2 unspecified atom stereocenters. The van der Waals surface area contributed by atoms with Crippen molar-refractivity contribution in [3.8, 4) is 0 Å². The second-order valence-corrected chi connectivity index (χ2v) is 18.2. The summed E-state index contributed by atoms with van der Waals surface area (Å²) in [5.41, 5.74) is -5.93. The Bertz CT molecular complexity index is 1230. The van der Waals surface area contributed by atoms with Gasteiger partial charge in [-0.25, -0.2) is 0 Å². The predicted octanol–water partition coefficient (Wildman–Crippen LogP) is 1.93. The Morgan fingerprint density at radius 3 is 2.27 bits per heavy atom. The van der Waals surface area contributed by atoms with Crippen molar-refractivity contribution < 1.29 is 58.7 Å². The number of nitrogens with one attached hydrogen (secondary N) is 2. The van der Waals surface area contributed by atoms with Crippen LogP contribution < -0.4 is 10.6 Å². The minimum atomic E-state index is -1.81. The molecular formula is C41H79N3O12. The van der Waals surface area contributed by atoms with Crippen molar-refractivity contribution in [1.29, 1.82) is 0 Å². The zero-order chi connectivity index (χ0) is 42.6. The maximum atomic E-state index is 14.5. The third-order valence-electron chi connectivity index (χ3n) is 13.0. The molecule has 3 fully saturated rings.